The van der Waals surface area contributed by atoms with Gasteiger partial charge in [0.15, 0.2) is 6.61 Å². The molecule has 1 aromatic heterocycles. The molecule has 1 heterocycles. The van der Waals surface area contributed by atoms with E-state index in [9.17, 15) is 9.59 Å². The molecule has 0 unspecified atom stereocenters. The molecule has 1 saturated carbocycles. The summed E-state index contributed by atoms with van der Waals surface area (Å²) in [7, 11) is 0. The number of nitrogens with one attached hydrogen (secondary N) is 1. The Kier molecular flexibility index (Phi) is 6.05. The van der Waals surface area contributed by atoms with Gasteiger partial charge in [-0.25, -0.2) is 4.98 Å². The molecule has 0 radical (unpaired) electrons. The Bertz CT molecular complexity index is 1070. The molecule has 0 bridgehead atoms. The third kappa shape index (κ3) is 4.50. The summed E-state index contributed by atoms with van der Waals surface area (Å²) in [5, 5.41) is 12.5. The molecule has 1 aliphatic rings. The number of nitriles is 1. The summed E-state index contributed by atoms with van der Waals surface area (Å²) in [5.74, 6) is -0.985. The Morgan fingerprint density at radius 3 is 2.67 bits per heavy atom. The number of benzene rings is 2. The van der Waals surface area contributed by atoms with Gasteiger partial charge in [0.1, 0.15) is 0 Å². The molecule has 4 rings (SSSR count). The second-order valence-electron chi connectivity index (χ2n) is 7.36. The number of carbonyl (C=O) groups is 2. The third-order valence-corrected chi connectivity index (χ3v) is 6.51. The Balaban J connectivity index is 1.38. The van der Waals surface area contributed by atoms with Crippen molar-refractivity contribution < 1.29 is 14.3 Å². The van der Waals surface area contributed by atoms with Crippen LogP contribution in [0.25, 0.3) is 10.2 Å². The number of aromatic nitrogens is 1. The molecular weight excluding hydrogens is 398 g/mol. The van der Waals surface area contributed by atoms with Crippen molar-refractivity contribution in [2.45, 2.75) is 31.6 Å². The van der Waals surface area contributed by atoms with E-state index in [1.165, 1.54) is 0 Å². The molecule has 1 N–H and O–H groups in total. The maximum atomic E-state index is 12.8. The van der Waals surface area contributed by atoms with Crippen LogP contribution < -0.4 is 5.32 Å². The normalized spacial score (nSPS) is 18.5. The summed E-state index contributed by atoms with van der Waals surface area (Å²) < 4.78 is 6.48. The van der Waals surface area contributed by atoms with Crippen LogP contribution in [0.4, 0.5) is 5.69 Å². The SMILES string of the molecule is N#Cc1ccc(NC(=O)COC(=O)[C@@H]2CCCC[C@@H]2c2nc3ccccc3s2)cc1. The van der Waals surface area contributed by atoms with Crippen LogP contribution in [-0.4, -0.2) is 23.5 Å². The highest BCUT2D eigenvalue weighted by Gasteiger charge is 2.35. The molecule has 3 aromatic rings. The fourth-order valence-electron chi connectivity index (χ4n) is 3.83. The van der Waals surface area contributed by atoms with Crippen LogP contribution in [0.3, 0.4) is 0 Å². The average molecular weight is 420 g/mol. The van der Waals surface area contributed by atoms with E-state index >= 15 is 0 Å². The number of anilines is 1. The third-order valence-electron chi connectivity index (χ3n) is 5.34. The highest BCUT2D eigenvalue weighted by molar-refractivity contribution is 7.18. The smallest absolute Gasteiger partial charge is 0.310 e. The van der Waals surface area contributed by atoms with E-state index in [0.717, 1.165) is 40.9 Å². The Hall–Kier alpha value is -3.24. The lowest BCUT2D eigenvalue weighted by Crippen LogP contribution is -2.30. The van der Waals surface area contributed by atoms with Crippen molar-refractivity contribution in [3.63, 3.8) is 0 Å². The van der Waals surface area contributed by atoms with Crippen molar-refractivity contribution in [1.82, 2.24) is 4.98 Å². The number of nitrogens with zero attached hydrogens (tertiary/aromatic N) is 2. The Morgan fingerprint density at radius 1 is 1.13 bits per heavy atom. The fraction of sp³-hybridized carbons (Fsp3) is 0.304. The molecule has 152 valence electrons. The van der Waals surface area contributed by atoms with E-state index in [1.807, 2.05) is 30.3 Å². The number of fused-ring (bicyclic) bond motifs is 1. The van der Waals surface area contributed by atoms with Crippen LogP contribution in [0.2, 0.25) is 0 Å². The van der Waals surface area contributed by atoms with Gasteiger partial charge in [-0.05, 0) is 49.2 Å². The van der Waals surface area contributed by atoms with Gasteiger partial charge in [-0.1, -0.05) is 25.0 Å². The lowest BCUT2D eigenvalue weighted by molar-refractivity contribution is -0.153. The monoisotopic (exact) mass is 419 g/mol. The van der Waals surface area contributed by atoms with Crippen LogP contribution in [0.1, 0.15) is 42.2 Å². The van der Waals surface area contributed by atoms with Crippen molar-refractivity contribution >= 4 is 39.1 Å². The number of hydrogen-bond acceptors (Lipinski definition) is 6. The number of hydrogen-bond donors (Lipinski definition) is 1. The summed E-state index contributed by atoms with van der Waals surface area (Å²) in [6, 6.07) is 16.5. The molecule has 1 aliphatic carbocycles. The van der Waals surface area contributed by atoms with Gasteiger partial charge in [-0.2, -0.15) is 5.26 Å². The Morgan fingerprint density at radius 2 is 1.90 bits per heavy atom. The highest BCUT2D eigenvalue weighted by atomic mass is 32.1. The van der Waals surface area contributed by atoms with Crippen molar-refractivity contribution in [1.29, 1.82) is 5.26 Å². The van der Waals surface area contributed by atoms with E-state index < -0.39 is 5.91 Å². The van der Waals surface area contributed by atoms with E-state index in [1.54, 1.807) is 35.6 Å². The maximum absolute atomic E-state index is 12.8. The largest absolute Gasteiger partial charge is 0.455 e. The topological polar surface area (TPSA) is 92.1 Å². The molecule has 6 nitrogen and oxygen atoms in total. The maximum Gasteiger partial charge on any atom is 0.310 e. The first-order valence-corrected chi connectivity index (χ1v) is 10.8. The van der Waals surface area contributed by atoms with E-state index in [4.69, 9.17) is 15.0 Å². The number of carbonyl (C=O) groups excluding carboxylic acids is 2. The van der Waals surface area contributed by atoms with Crippen molar-refractivity contribution in [2.75, 3.05) is 11.9 Å². The second kappa shape index (κ2) is 9.06. The van der Waals surface area contributed by atoms with E-state index in [2.05, 4.69) is 5.32 Å². The number of amides is 1. The van der Waals surface area contributed by atoms with Gasteiger partial charge in [-0.15, -0.1) is 11.3 Å². The quantitative estimate of drug-likeness (QED) is 0.609. The number of para-hydroxylation sites is 1. The average Bonchev–Trinajstić information content (AvgIpc) is 3.22. The van der Waals surface area contributed by atoms with Gasteiger partial charge in [0.05, 0.1) is 32.8 Å². The molecule has 2 atom stereocenters. The first kappa shape index (κ1) is 20.0. The highest BCUT2D eigenvalue weighted by Crippen LogP contribution is 2.41. The number of rotatable bonds is 5. The Labute approximate surface area is 178 Å². The van der Waals surface area contributed by atoms with Crippen LogP contribution in [0, 0.1) is 17.2 Å². The standard InChI is InChI=1S/C23H21N3O3S/c24-13-15-9-11-16(12-10-15)25-21(27)14-29-23(28)18-6-2-1-5-17(18)22-26-19-7-3-4-8-20(19)30-22/h3-4,7-12,17-18H,1-2,5-6,14H2,(H,25,27)/t17-,18+/m0/s1. The number of ether oxygens (including phenoxy) is 1. The molecule has 0 saturated heterocycles. The first-order chi connectivity index (χ1) is 14.6. The molecule has 2 aromatic carbocycles. The lowest BCUT2D eigenvalue weighted by atomic mass is 9.79. The summed E-state index contributed by atoms with van der Waals surface area (Å²) in [5.41, 5.74) is 2.02. The van der Waals surface area contributed by atoms with Crippen molar-refractivity contribution in [3.8, 4) is 6.07 Å². The number of thiazole rings is 1. The molecule has 7 heteroatoms. The van der Waals surface area contributed by atoms with Gasteiger partial charge in [0, 0.05) is 11.6 Å². The zero-order chi connectivity index (χ0) is 20.9. The van der Waals surface area contributed by atoms with E-state index in [0.29, 0.717) is 11.3 Å². The van der Waals surface area contributed by atoms with Crippen LogP contribution in [0.15, 0.2) is 48.5 Å². The summed E-state index contributed by atoms with van der Waals surface area (Å²) in [6.45, 7) is -0.331. The predicted octanol–water partition coefficient (Wildman–Crippen LogP) is 4.62. The van der Waals surface area contributed by atoms with Gasteiger partial charge in [-0.3, -0.25) is 9.59 Å². The molecule has 30 heavy (non-hydrogen) atoms. The van der Waals surface area contributed by atoms with Crippen LogP contribution >= 0.6 is 11.3 Å². The fourth-order valence-corrected chi connectivity index (χ4v) is 4.99. The minimum atomic E-state index is -0.402. The second-order valence-corrected chi connectivity index (χ2v) is 8.42. The zero-order valence-corrected chi connectivity index (χ0v) is 17.2. The van der Waals surface area contributed by atoms with Crippen molar-refractivity contribution in [2.24, 2.45) is 5.92 Å². The van der Waals surface area contributed by atoms with Crippen molar-refractivity contribution in [3.05, 3.63) is 59.1 Å². The molecule has 0 aliphatic heterocycles. The molecule has 1 amide bonds. The van der Waals surface area contributed by atoms with E-state index in [-0.39, 0.29) is 24.4 Å². The van der Waals surface area contributed by atoms with Crippen LogP contribution in [-0.2, 0) is 14.3 Å². The zero-order valence-electron chi connectivity index (χ0n) is 16.3. The predicted molar refractivity (Wildman–Crippen MR) is 115 cm³/mol. The summed E-state index contributed by atoms with van der Waals surface area (Å²) >= 11 is 1.63. The molecular formula is C23H21N3O3S. The molecule has 1 fully saturated rings. The summed E-state index contributed by atoms with van der Waals surface area (Å²) in [6.07, 6.45) is 3.68. The minimum absolute atomic E-state index is 0.0326. The van der Waals surface area contributed by atoms with Crippen LogP contribution in [0.5, 0.6) is 0 Å². The number of esters is 1. The lowest BCUT2D eigenvalue weighted by Gasteiger charge is -2.28. The molecule has 0 spiro atoms. The van der Waals surface area contributed by atoms with Gasteiger partial charge < -0.3 is 10.1 Å². The van der Waals surface area contributed by atoms with Gasteiger partial charge in [0.25, 0.3) is 5.91 Å². The summed E-state index contributed by atoms with van der Waals surface area (Å²) in [4.78, 5) is 29.7. The van der Waals surface area contributed by atoms with Gasteiger partial charge >= 0.3 is 5.97 Å². The minimum Gasteiger partial charge on any atom is -0.455 e. The van der Waals surface area contributed by atoms with Gasteiger partial charge in [0.2, 0.25) is 0 Å². The first-order valence-electron chi connectivity index (χ1n) is 9.96.